The highest BCUT2D eigenvalue weighted by atomic mass is 16.1. The van der Waals surface area contributed by atoms with Crippen LogP contribution in [0.2, 0.25) is 0 Å². The van der Waals surface area contributed by atoms with Crippen molar-refractivity contribution in [3.8, 4) is 0 Å². The van der Waals surface area contributed by atoms with Crippen LogP contribution in [0.1, 0.15) is 51.1 Å². The second kappa shape index (κ2) is 7.38. The Morgan fingerprint density at radius 2 is 1.95 bits per heavy atom. The Kier molecular flexibility index (Phi) is 5.53. The van der Waals surface area contributed by atoms with Gasteiger partial charge in [-0.2, -0.15) is 5.10 Å². The van der Waals surface area contributed by atoms with Crippen LogP contribution in [-0.2, 0) is 4.79 Å². The van der Waals surface area contributed by atoms with Crippen molar-refractivity contribution in [1.82, 2.24) is 15.5 Å². The molecule has 0 saturated heterocycles. The molecule has 2 rings (SSSR count). The summed E-state index contributed by atoms with van der Waals surface area (Å²) in [6.07, 6.45) is 4.18. The molecule has 1 saturated carbocycles. The minimum atomic E-state index is 0.191. The molecule has 1 aliphatic carbocycles. The Morgan fingerprint density at radius 3 is 2.48 bits per heavy atom. The topological polar surface area (TPSA) is 66.9 Å². The van der Waals surface area contributed by atoms with Crippen molar-refractivity contribution in [1.29, 1.82) is 0 Å². The van der Waals surface area contributed by atoms with Gasteiger partial charge in [0.1, 0.15) is 5.82 Å². The molecular formula is C16H26N4O. The lowest BCUT2D eigenvalue weighted by molar-refractivity contribution is -0.125. The van der Waals surface area contributed by atoms with Crippen LogP contribution in [0.3, 0.4) is 0 Å². The van der Waals surface area contributed by atoms with E-state index in [2.05, 4.69) is 34.7 Å². The molecule has 2 N–H and O–H groups in total. The molecule has 116 valence electrons. The highest BCUT2D eigenvalue weighted by molar-refractivity contribution is 5.78. The summed E-state index contributed by atoms with van der Waals surface area (Å²) in [4.78, 5) is 11.6. The van der Waals surface area contributed by atoms with Gasteiger partial charge in [0.25, 0.3) is 0 Å². The average molecular weight is 290 g/mol. The number of hydrogen-bond donors (Lipinski definition) is 2. The van der Waals surface area contributed by atoms with E-state index in [0.717, 1.165) is 43.7 Å². The molecule has 0 unspecified atom stereocenters. The lowest BCUT2D eigenvalue weighted by Gasteiger charge is -2.27. The molecule has 0 spiro atoms. The minimum Gasteiger partial charge on any atom is -0.368 e. The zero-order valence-electron chi connectivity index (χ0n) is 13.2. The van der Waals surface area contributed by atoms with Gasteiger partial charge in [0.05, 0.1) is 5.69 Å². The predicted octanol–water partition coefficient (Wildman–Crippen LogP) is 2.56. The molecule has 1 amide bonds. The number of nitrogens with zero attached hydrogens (tertiary/aromatic N) is 2. The Hall–Kier alpha value is -1.65. The van der Waals surface area contributed by atoms with E-state index in [1.807, 2.05) is 12.1 Å². The molecule has 5 nitrogen and oxygen atoms in total. The van der Waals surface area contributed by atoms with Gasteiger partial charge in [-0.1, -0.05) is 13.8 Å². The van der Waals surface area contributed by atoms with E-state index < -0.39 is 0 Å². The van der Waals surface area contributed by atoms with Crippen LogP contribution in [0.5, 0.6) is 0 Å². The van der Waals surface area contributed by atoms with Gasteiger partial charge in [-0.05, 0) is 49.7 Å². The zero-order valence-corrected chi connectivity index (χ0v) is 13.2. The molecular weight excluding hydrogens is 264 g/mol. The van der Waals surface area contributed by atoms with E-state index in [1.165, 1.54) is 0 Å². The largest absolute Gasteiger partial charge is 0.368 e. The Morgan fingerprint density at radius 1 is 1.24 bits per heavy atom. The minimum absolute atomic E-state index is 0.191. The molecule has 1 fully saturated rings. The van der Waals surface area contributed by atoms with E-state index in [9.17, 15) is 4.79 Å². The van der Waals surface area contributed by atoms with Crippen LogP contribution in [0.25, 0.3) is 0 Å². The first-order valence-corrected chi connectivity index (χ1v) is 7.89. The highest BCUT2D eigenvalue weighted by Gasteiger charge is 2.25. The Labute approximate surface area is 126 Å². The second-order valence-electron chi connectivity index (χ2n) is 6.21. The molecule has 1 aliphatic rings. The van der Waals surface area contributed by atoms with Crippen molar-refractivity contribution in [2.24, 2.45) is 11.8 Å². The quantitative estimate of drug-likeness (QED) is 0.874. The maximum Gasteiger partial charge on any atom is 0.222 e. The number of amides is 1. The maximum absolute atomic E-state index is 11.6. The number of anilines is 1. The third kappa shape index (κ3) is 4.41. The van der Waals surface area contributed by atoms with Crippen LogP contribution in [-0.4, -0.2) is 29.7 Å². The molecule has 0 bridgehead atoms. The fourth-order valence-corrected chi connectivity index (χ4v) is 2.83. The lowest BCUT2D eigenvalue weighted by atomic mass is 9.81. The number of aromatic nitrogens is 2. The number of rotatable bonds is 5. The summed E-state index contributed by atoms with van der Waals surface area (Å²) in [6.45, 7) is 5.14. The van der Waals surface area contributed by atoms with Crippen LogP contribution < -0.4 is 10.6 Å². The fraction of sp³-hybridized carbons (Fsp3) is 0.688. The first-order valence-electron chi connectivity index (χ1n) is 7.89. The van der Waals surface area contributed by atoms with E-state index in [1.54, 1.807) is 7.05 Å². The smallest absolute Gasteiger partial charge is 0.222 e. The van der Waals surface area contributed by atoms with Gasteiger partial charge in [-0.25, -0.2) is 0 Å². The van der Waals surface area contributed by atoms with Gasteiger partial charge < -0.3 is 10.6 Å². The molecule has 0 aliphatic heterocycles. The highest BCUT2D eigenvalue weighted by Crippen LogP contribution is 2.29. The van der Waals surface area contributed by atoms with Crippen molar-refractivity contribution < 1.29 is 4.79 Å². The first-order chi connectivity index (χ1) is 10.1. The molecule has 1 heterocycles. The van der Waals surface area contributed by atoms with Gasteiger partial charge in [0.2, 0.25) is 5.91 Å². The Balaban J connectivity index is 1.75. The second-order valence-corrected chi connectivity index (χ2v) is 6.21. The third-order valence-electron chi connectivity index (χ3n) is 4.31. The standard InChI is InChI=1S/C16H26N4O/c1-11(2)14-8-9-15(20-19-14)18-10-12-4-6-13(7-5-12)16(21)17-3/h8-9,11-13H,4-7,10H2,1-3H3,(H,17,21)(H,18,20). The first kappa shape index (κ1) is 15.7. The van der Waals surface area contributed by atoms with Crippen LogP contribution in [0.4, 0.5) is 5.82 Å². The summed E-state index contributed by atoms with van der Waals surface area (Å²) in [5.41, 5.74) is 1.02. The average Bonchev–Trinajstić information content (AvgIpc) is 2.53. The monoisotopic (exact) mass is 290 g/mol. The van der Waals surface area contributed by atoms with E-state index in [-0.39, 0.29) is 11.8 Å². The molecule has 0 atom stereocenters. The van der Waals surface area contributed by atoms with Gasteiger partial charge in [-0.15, -0.1) is 5.10 Å². The zero-order chi connectivity index (χ0) is 15.2. The van der Waals surface area contributed by atoms with Gasteiger partial charge in [0.15, 0.2) is 0 Å². The van der Waals surface area contributed by atoms with Crippen molar-refractivity contribution in [2.45, 2.75) is 45.4 Å². The van der Waals surface area contributed by atoms with Crippen molar-refractivity contribution >= 4 is 11.7 Å². The van der Waals surface area contributed by atoms with E-state index >= 15 is 0 Å². The molecule has 1 aromatic rings. The normalized spacial score (nSPS) is 22.1. The summed E-state index contributed by atoms with van der Waals surface area (Å²) in [5.74, 6) is 2.27. The van der Waals surface area contributed by atoms with Crippen LogP contribution in [0, 0.1) is 11.8 Å². The van der Waals surface area contributed by atoms with Crippen LogP contribution in [0.15, 0.2) is 12.1 Å². The van der Waals surface area contributed by atoms with Gasteiger partial charge in [-0.3, -0.25) is 4.79 Å². The SMILES string of the molecule is CNC(=O)C1CCC(CNc2ccc(C(C)C)nn2)CC1. The number of carbonyl (C=O) groups excluding carboxylic acids is 1. The Bertz CT molecular complexity index is 450. The maximum atomic E-state index is 11.6. The summed E-state index contributed by atoms with van der Waals surface area (Å²) in [7, 11) is 1.72. The van der Waals surface area contributed by atoms with Gasteiger partial charge >= 0.3 is 0 Å². The molecule has 21 heavy (non-hydrogen) atoms. The third-order valence-corrected chi connectivity index (χ3v) is 4.31. The van der Waals surface area contributed by atoms with Gasteiger partial charge in [0, 0.05) is 19.5 Å². The summed E-state index contributed by atoms with van der Waals surface area (Å²) < 4.78 is 0. The number of nitrogens with one attached hydrogen (secondary N) is 2. The molecule has 5 heteroatoms. The van der Waals surface area contributed by atoms with Crippen molar-refractivity contribution in [2.75, 3.05) is 18.9 Å². The molecule has 0 radical (unpaired) electrons. The molecule has 0 aromatic carbocycles. The predicted molar refractivity (Wildman–Crippen MR) is 84.1 cm³/mol. The van der Waals surface area contributed by atoms with Crippen molar-refractivity contribution in [3.05, 3.63) is 17.8 Å². The fourth-order valence-electron chi connectivity index (χ4n) is 2.83. The van der Waals surface area contributed by atoms with Crippen LogP contribution >= 0.6 is 0 Å². The molecule has 1 aromatic heterocycles. The van der Waals surface area contributed by atoms with E-state index in [4.69, 9.17) is 0 Å². The number of carbonyl (C=O) groups is 1. The summed E-state index contributed by atoms with van der Waals surface area (Å²) in [5, 5.41) is 14.6. The summed E-state index contributed by atoms with van der Waals surface area (Å²) >= 11 is 0. The van der Waals surface area contributed by atoms with Crippen molar-refractivity contribution in [3.63, 3.8) is 0 Å². The summed E-state index contributed by atoms with van der Waals surface area (Å²) in [6, 6.07) is 4.03. The lowest BCUT2D eigenvalue weighted by Crippen LogP contribution is -2.32. The number of hydrogen-bond acceptors (Lipinski definition) is 4. The van der Waals surface area contributed by atoms with E-state index in [0.29, 0.717) is 11.8 Å².